The zero-order valence-electron chi connectivity index (χ0n) is 22.4. The molecular formula is C28H28N8O3S2. The number of ether oxygens (including phenoxy) is 1. The predicted octanol–water partition coefficient (Wildman–Crippen LogP) is 3.17. The van der Waals surface area contributed by atoms with Gasteiger partial charge in [-0.05, 0) is 30.2 Å². The van der Waals surface area contributed by atoms with Crippen LogP contribution in [-0.4, -0.2) is 67.8 Å². The largest absolute Gasteiger partial charge is 0.379 e. The Hall–Kier alpha value is -3.91. The lowest BCUT2D eigenvalue weighted by Crippen LogP contribution is -2.40. The van der Waals surface area contributed by atoms with Crippen molar-refractivity contribution in [1.82, 2.24) is 29.0 Å². The highest BCUT2D eigenvalue weighted by atomic mass is 32.2. The van der Waals surface area contributed by atoms with Crippen LogP contribution in [0, 0.1) is 12.3 Å². The molecule has 210 valence electrons. The average Bonchev–Trinajstić information content (AvgIpc) is 3.44. The maximum absolute atomic E-state index is 13.6. The number of benzene rings is 1. The molecule has 0 unspecified atom stereocenters. The maximum Gasteiger partial charge on any atom is 0.267 e. The van der Waals surface area contributed by atoms with Crippen LogP contribution in [0.5, 0.6) is 0 Å². The Morgan fingerprint density at radius 2 is 1.90 bits per heavy atom. The minimum absolute atomic E-state index is 0.0173. The molecule has 11 nitrogen and oxygen atoms in total. The summed E-state index contributed by atoms with van der Waals surface area (Å²) in [6.07, 6.45) is 1.67. The minimum Gasteiger partial charge on any atom is -0.379 e. The molecule has 13 heteroatoms. The molecule has 0 bridgehead atoms. The molecule has 0 aliphatic carbocycles. The first-order chi connectivity index (χ1) is 20.0. The van der Waals surface area contributed by atoms with Crippen molar-refractivity contribution in [3.05, 3.63) is 87.3 Å². The van der Waals surface area contributed by atoms with Gasteiger partial charge in [-0.3, -0.25) is 29.6 Å². The molecule has 1 amide bonds. The molecule has 41 heavy (non-hydrogen) atoms. The van der Waals surface area contributed by atoms with Gasteiger partial charge in [-0.15, -0.1) is 10.2 Å². The lowest BCUT2D eigenvalue weighted by molar-refractivity contribution is 0.0363. The number of rotatable bonds is 8. The summed E-state index contributed by atoms with van der Waals surface area (Å²) in [4.78, 5) is 34.1. The topological polar surface area (TPSA) is 130 Å². The number of thioether (sulfide) groups is 1. The summed E-state index contributed by atoms with van der Waals surface area (Å²) in [5.74, 6) is 0.208. The van der Waals surface area contributed by atoms with Crippen molar-refractivity contribution >= 4 is 50.8 Å². The molecule has 4 aromatic heterocycles. The van der Waals surface area contributed by atoms with Crippen molar-refractivity contribution in [2.45, 2.75) is 23.6 Å². The second-order valence-electron chi connectivity index (χ2n) is 9.65. The lowest BCUT2D eigenvalue weighted by atomic mass is 10.2. The van der Waals surface area contributed by atoms with E-state index in [0.29, 0.717) is 42.7 Å². The fourth-order valence-corrected chi connectivity index (χ4v) is 6.46. The minimum atomic E-state index is -0.526. The zero-order chi connectivity index (χ0) is 28.3. The number of amides is 1. The molecule has 0 atom stereocenters. The monoisotopic (exact) mass is 588 g/mol. The summed E-state index contributed by atoms with van der Waals surface area (Å²) in [7, 11) is 0. The molecule has 6 rings (SSSR count). The highest BCUT2D eigenvalue weighted by molar-refractivity contribution is 8.00. The van der Waals surface area contributed by atoms with Crippen molar-refractivity contribution in [1.29, 1.82) is 5.41 Å². The van der Waals surface area contributed by atoms with E-state index in [2.05, 4.69) is 20.4 Å². The number of nitrogens with one attached hydrogen (secondary N) is 2. The first-order valence-electron chi connectivity index (χ1n) is 13.2. The van der Waals surface area contributed by atoms with E-state index in [-0.39, 0.29) is 22.0 Å². The van der Waals surface area contributed by atoms with Gasteiger partial charge >= 0.3 is 0 Å². The van der Waals surface area contributed by atoms with Gasteiger partial charge in [0.25, 0.3) is 11.5 Å². The number of nitrogens with zero attached hydrogens (tertiary/aromatic N) is 6. The smallest absolute Gasteiger partial charge is 0.267 e. The van der Waals surface area contributed by atoms with Gasteiger partial charge in [0.15, 0.2) is 4.34 Å². The van der Waals surface area contributed by atoms with Gasteiger partial charge in [0.1, 0.15) is 16.8 Å². The SMILES string of the molecule is Cc1cccn2c(=O)c3cc(C(=O)Nc4nnc(SCc5ccccc5)s4)c(=N)n(CCN4CCOCC4)c3nc12. The maximum atomic E-state index is 13.6. The third-order valence-electron chi connectivity index (χ3n) is 6.95. The summed E-state index contributed by atoms with van der Waals surface area (Å²) in [6, 6.07) is 15.2. The highest BCUT2D eigenvalue weighted by Gasteiger charge is 2.20. The van der Waals surface area contributed by atoms with E-state index in [1.807, 2.05) is 43.3 Å². The number of aromatic nitrogens is 5. The van der Waals surface area contributed by atoms with Crippen LogP contribution in [0.1, 0.15) is 21.5 Å². The van der Waals surface area contributed by atoms with Crippen LogP contribution in [0.25, 0.3) is 16.7 Å². The number of anilines is 1. The Balaban J connectivity index is 1.33. The molecule has 5 aromatic rings. The summed E-state index contributed by atoms with van der Waals surface area (Å²) >= 11 is 2.80. The van der Waals surface area contributed by atoms with Crippen LogP contribution in [0.3, 0.4) is 0 Å². The summed E-state index contributed by atoms with van der Waals surface area (Å²) in [5.41, 5.74) is 2.68. The normalized spacial score (nSPS) is 14.1. The number of hydrogen-bond donors (Lipinski definition) is 2. The molecule has 0 spiro atoms. The number of pyridine rings is 2. The molecule has 0 saturated carbocycles. The van der Waals surface area contributed by atoms with Crippen LogP contribution in [0.4, 0.5) is 5.13 Å². The molecular weight excluding hydrogens is 560 g/mol. The van der Waals surface area contributed by atoms with Crippen LogP contribution in [0.15, 0.2) is 63.9 Å². The third-order valence-corrected chi connectivity index (χ3v) is 9.00. The van der Waals surface area contributed by atoms with Crippen molar-refractivity contribution in [2.24, 2.45) is 0 Å². The summed E-state index contributed by atoms with van der Waals surface area (Å²) in [6.45, 7) is 5.79. The molecule has 1 aliphatic rings. The van der Waals surface area contributed by atoms with Gasteiger partial charge in [0.05, 0.1) is 24.2 Å². The molecule has 0 radical (unpaired) electrons. The van der Waals surface area contributed by atoms with Crippen LogP contribution in [-0.2, 0) is 17.0 Å². The van der Waals surface area contributed by atoms with E-state index >= 15 is 0 Å². The summed E-state index contributed by atoms with van der Waals surface area (Å²) < 4.78 is 9.33. The Bertz CT molecular complexity index is 1850. The molecule has 1 fully saturated rings. The Morgan fingerprint density at radius 3 is 2.71 bits per heavy atom. The van der Waals surface area contributed by atoms with Gasteiger partial charge in [0, 0.05) is 38.1 Å². The number of carbonyl (C=O) groups excluding carboxylic acids is 1. The number of morpholine rings is 1. The Labute approximate surface area is 243 Å². The van der Waals surface area contributed by atoms with Crippen LogP contribution in [0.2, 0.25) is 0 Å². The summed E-state index contributed by atoms with van der Waals surface area (Å²) in [5, 5.41) is 20.7. The van der Waals surface area contributed by atoms with Crippen molar-refractivity contribution < 1.29 is 9.53 Å². The van der Waals surface area contributed by atoms with Crippen LogP contribution >= 0.6 is 23.1 Å². The quantitative estimate of drug-likeness (QED) is 0.161. The van der Waals surface area contributed by atoms with Crippen molar-refractivity contribution in [3.63, 3.8) is 0 Å². The Kier molecular flexibility index (Phi) is 7.92. The van der Waals surface area contributed by atoms with Crippen molar-refractivity contribution in [2.75, 3.05) is 38.2 Å². The highest BCUT2D eigenvalue weighted by Crippen LogP contribution is 2.28. The first kappa shape index (κ1) is 27.3. The van der Waals surface area contributed by atoms with E-state index in [9.17, 15) is 9.59 Å². The molecule has 2 N–H and O–H groups in total. The second-order valence-corrected chi connectivity index (χ2v) is 11.9. The van der Waals surface area contributed by atoms with Gasteiger partial charge in [-0.2, -0.15) is 0 Å². The van der Waals surface area contributed by atoms with E-state index in [4.69, 9.17) is 15.1 Å². The number of fused-ring (bicyclic) bond motifs is 2. The van der Waals surface area contributed by atoms with Gasteiger partial charge in [-0.25, -0.2) is 4.98 Å². The molecule has 1 aromatic carbocycles. The van der Waals surface area contributed by atoms with Crippen LogP contribution < -0.4 is 16.4 Å². The molecule has 1 aliphatic heterocycles. The Morgan fingerprint density at radius 1 is 1.10 bits per heavy atom. The standard InChI is InChI=1S/C28H28N8O3S2/c1-18-6-5-9-36-23(18)30-24-21(26(36)38)16-20(22(29)35(24)11-10-34-12-14-39-15-13-34)25(37)31-27-32-33-28(41-27)40-17-19-7-3-2-4-8-19/h2-9,16,29H,10-15,17H2,1H3,(H,31,32,37). The predicted molar refractivity (Wildman–Crippen MR) is 159 cm³/mol. The number of aryl methyl sites for hydroxylation is 1. The average molecular weight is 589 g/mol. The van der Waals surface area contributed by atoms with Gasteiger partial charge < -0.3 is 9.30 Å². The second kappa shape index (κ2) is 11.9. The van der Waals surface area contributed by atoms with E-state index in [0.717, 1.165) is 34.3 Å². The fourth-order valence-electron chi connectivity index (χ4n) is 4.76. The lowest BCUT2D eigenvalue weighted by Gasteiger charge is -2.27. The van der Waals surface area contributed by atoms with Crippen molar-refractivity contribution in [3.8, 4) is 0 Å². The third kappa shape index (κ3) is 5.79. The number of carbonyl (C=O) groups is 1. The van der Waals surface area contributed by atoms with Gasteiger partial charge in [0.2, 0.25) is 5.13 Å². The molecule has 1 saturated heterocycles. The fraction of sp³-hybridized carbons (Fsp3) is 0.286. The number of hydrogen-bond acceptors (Lipinski definition) is 10. The van der Waals surface area contributed by atoms with Gasteiger partial charge in [-0.1, -0.05) is 59.5 Å². The molecule has 5 heterocycles. The zero-order valence-corrected chi connectivity index (χ0v) is 24.0. The van der Waals surface area contributed by atoms with E-state index < -0.39 is 5.91 Å². The van der Waals surface area contributed by atoms with E-state index in [1.165, 1.54) is 33.6 Å². The van der Waals surface area contributed by atoms with E-state index in [1.54, 1.807) is 16.8 Å². The first-order valence-corrected chi connectivity index (χ1v) is 15.0.